The molecule has 3 aromatic carbocycles. The number of nitrogens with one attached hydrogen (secondary N) is 1. The highest BCUT2D eigenvalue weighted by Gasteiger charge is 2.23. The normalized spacial score (nSPS) is 15.8. The van der Waals surface area contributed by atoms with Gasteiger partial charge in [0.15, 0.2) is 0 Å². The van der Waals surface area contributed by atoms with Crippen molar-refractivity contribution in [3.63, 3.8) is 0 Å². The molecule has 3 aromatic rings. The van der Waals surface area contributed by atoms with Crippen LogP contribution in [0.3, 0.4) is 0 Å². The van der Waals surface area contributed by atoms with Crippen LogP contribution in [0.25, 0.3) is 0 Å². The number of benzene rings is 3. The lowest BCUT2D eigenvalue weighted by atomic mass is 10.2. The van der Waals surface area contributed by atoms with E-state index in [-0.39, 0.29) is 5.91 Å². The van der Waals surface area contributed by atoms with Crippen LogP contribution in [0.2, 0.25) is 0 Å². The maximum atomic E-state index is 12.6. The van der Waals surface area contributed by atoms with Crippen molar-refractivity contribution in [3.05, 3.63) is 90.0 Å². The average molecular weight is 416 g/mol. The molecule has 0 bridgehead atoms. The van der Waals surface area contributed by atoms with Gasteiger partial charge in [0.2, 0.25) is 0 Å². The van der Waals surface area contributed by atoms with Gasteiger partial charge in [-0.2, -0.15) is 0 Å². The van der Waals surface area contributed by atoms with E-state index < -0.39 is 0 Å². The van der Waals surface area contributed by atoms with Crippen molar-refractivity contribution in [1.29, 1.82) is 0 Å². The molecule has 1 N–H and O–H groups in total. The predicted molar refractivity (Wildman–Crippen MR) is 126 cm³/mol. The summed E-state index contributed by atoms with van der Waals surface area (Å²) in [5.41, 5.74) is 3.70. The van der Waals surface area contributed by atoms with E-state index in [9.17, 15) is 4.79 Å². The third kappa shape index (κ3) is 5.44. The molecule has 31 heavy (non-hydrogen) atoms. The van der Waals surface area contributed by atoms with Crippen LogP contribution in [0.1, 0.15) is 22.3 Å². The Hall–Kier alpha value is -3.31. The Bertz CT molecular complexity index is 985. The Morgan fingerprint density at radius 3 is 2.35 bits per heavy atom. The minimum absolute atomic E-state index is 0.129. The largest absolute Gasteiger partial charge is 0.489 e. The van der Waals surface area contributed by atoms with Crippen LogP contribution < -0.4 is 15.0 Å². The third-order valence-electron chi connectivity index (χ3n) is 5.75. The lowest BCUT2D eigenvalue weighted by Crippen LogP contribution is -2.31. The van der Waals surface area contributed by atoms with Gasteiger partial charge >= 0.3 is 0 Å². The molecule has 1 saturated heterocycles. The zero-order chi connectivity index (χ0) is 21.6. The SMILES string of the molecule is CN(C)C1CCN(c2ccc(NC(=O)c3ccc(OCc4ccccc4)cc3)cc2)C1. The highest BCUT2D eigenvalue weighted by Crippen LogP contribution is 2.24. The van der Waals surface area contributed by atoms with E-state index in [1.807, 2.05) is 54.6 Å². The summed E-state index contributed by atoms with van der Waals surface area (Å²) in [4.78, 5) is 17.3. The quantitative estimate of drug-likeness (QED) is 0.610. The molecule has 1 amide bonds. The molecule has 0 saturated carbocycles. The second kappa shape index (κ2) is 9.67. The maximum Gasteiger partial charge on any atom is 0.255 e. The molecule has 1 fully saturated rings. The average Bonchev–Trinajstić information content (AvgIpc) is 3.30. The zero-order valence-corrected chi connectivity index (χ0v) is 18.1. The summed E-state index contributed by atoms with van der Waals surface area (Å²) in [6.45, 7) is 2.61. The summed E-state index contributed by atoms with van der Waals surface area (Å²) < 4.78 is 5.79. The van der Waals surface area contributed by atoms with Crippen LogP contribution in [-0.2, 0) is 6.61 Å². The molecule has 160 valence electrons. The Morgan fingerprint density at radius 1 is 1.00 bits per heavy atom. The lowest BCUT2D eigenvalue weighted by Gasteiger charge is -2.22. The number of ether oxygens (including phenoxy) is 1. The van der Waals surface area contributed by atoms with Gasteiger partial charge in [0.05, 0.1) is 0 Å². The van der Waals surface area contributed by atoms with E-state index in [0.717, 1.165) is 30.1 Å². The summed E-state index contributed by atoms with van der Waals surface area (Å²) in [5, 5.41) is 2.97. The molecule has 4 rings (SSSR count). The highest BCUT2D eigenvalue weighted by molar-refractivity contribution is 6.04. The number of carbonyl (C=O) groups excluding carboxylic acids is 1. The fraction of sp³-hybridized carbons (Fsp3) is 0.269. The van der Waals surface area contributed by atoms with Crippen LogP contribution in [0, 0.1) is 0 Å². The van der Waals surface area contributed by atoms with Crippen LogP contribution in [0.15, 0.2) is 78.9 Å². The number of likely N-dealkylation sites (N-methyl/N-ethyl adjacent to an activating group) is 1. The molecule has 0 spiro atoms. The van der Waals surface area contributed by atoms with Gasteiger partial charge in [0.1, 0.15) is 12.4 Å². The molecule has 1 aliphatic rings. The van der Waals surface area contributed by atoms with E-state index >= 15 is 0 Å². The number of carbonyl (C=O) groups is 1. The van der Waals surface area contributed by atoms with Gasteiger partial charge in [0.25, 0.3) is 5.91 Å². The summed E-state index contributed by atoms with van der Waals surface area (Å²) in [6.07, 6.45) is 1.18. The molecule has 0 radical (unpaired) electrons. The van der Waals surface area contributed by atoms with Crippen molar-refractivity contribution in [2.75, 3.05) is 37.4 Å². The highest BCUT2D eigenvalue weighted by atomic mass is 16.5. The second-order valence-electron chi connectivity index (χ2n) is 8.15. The van der Waals surface area contributed by atoms with Gasteiger partial charge in [-0.3, -0.25) is 4.79 Å². The topological polar surface area (TPSA) is 44.8 Å². The second-order valence-corrected chi connectivity index (χ2v) is 8.15. The molecule has 1 atom stereocenters. The Balaban J connectivity index is 1.31. The van der Waals surface area contributed by atoms with Crippen molar-refractivity contribution >= 4 is 17.3 Å². The summed E-state index contributed by atoms with van der Waals surface area (Å²) >= 11 is 0. The summed E-state index contributed by atoms with van der Waals surface area (Å²) in [6, 6.07) is 25.9. The van der Waals surface area contributed by atoms with E-state index in [1.165, 1.54) is 12.1 Å². The van der Waals surface area contributed by atoms with Gasteiger partial charge in [-0.05, 0) is 74.6 Å². The summed E-state index contributed by atoms with van der Waals surface area (Å²) in [7, 11) is 4.27. The number of hydrogen-bond donors (Lipinski definition) is 1. The van der Waals surface area contributed by atoms with E-state index in [1.54, 1.807) is 12.1 Å². The van der Waals surface area contributed by atoms with E-state index in [0.29, 0.717) is 18.2 Å². The Kier molecular flexibility index (Phi) is 6.53. The molecule has 0 aliphatic carbocycles. The predicted octanol–water partition coefficient (Wildman–Crippen LogP) is 4.66. The molecule has 0 aromatic heterocycles. The van der Waals surface area contributed by atoms with Crippen molar-refractivity contribution in [3.8, 4) is 5.75 Å². The van der Waals surface area contributed by atoms with Crippen LogP contribution in [0.5, 0.6) is 5.75 Å². The molecule has 5 nitrogen and oxygen atoms in total. The zero-order valence-electron chi connectivity index (χ0n) is 18.1. The number of amides is 1. The van der Waals surface area contributed by atoms with Gasteiger partial charge in [-0.25, -0.2) is 0 Å². The van der Waals surface area contributed by atoms with Gasteiger partial charge in [0, 0.05) is 36.1 Å². The Labute approximate surface area is 184 Å². The van der Waals surface area contributed by atoms with Crippen LogP contribution in [0.4, 0.5) is 11.4 Å². The van der Waals surface area contributed by atoms with E-state index in [2.05, 4.69) is 41.3 Å². The molecule has 5 heteroatoms. The van der Waals surface area contributed by atoms with Crippen molar-refractivity contribution in [2.45, 2.75) is 19.1 Å². The van der Waals surface area contributed by atoms with Crippen molar-refractivity contribution < 1.29 is 9.53 Å². The number of anilines is 2. The lowest BCUT2D eigenvalue weighted by molar-refractivity contribution is 0.102. The minimum Gasteiger partial charge on any atom is -0.489 e. The first-order valence-corrected chi connectivity index (χ1v) is 10.7. The van der Waals surface area contributed by atoms with Gasteiger partial charge in [-0.1, -0.05) is 30.3 Å². The first-order valence-electron chi connectivity index (χ1n) is 10.7. The standard InChI is InChI=1S/C26H29N3O2/c1-28(2)24-16-17-29(18-24)23-12-10-22(11-13-23)27-26(30)21-8-14-25(15-9-21)31-19-20-6-4-3-5-7-20/h3-15,24H,16-19H2,1-2H3,(H,27,30). The van der Waals surface area contributed by atoms with Crippen LogP contribution >= 0.6 is 0 Å². The van der Waals surface area contributed by atoms with Crippen molar-refractivity contribution in [1.82, 2.24) is 4.90 Å². The van der Waals surface area contributed by atoms with Gasteiger partial charge in [-0.15, -0.1) is 0 Å². The fourth-order valence-electron chi connectivity index (χ4n) is 3.80. The molecule has 1 unspecified atom stereocenters. The number of hydrogen-bond acceptors (Lipinski definition) is 4. The fourth-order valence-corrected chi connectivity index (χ4v) is 3.80. The van der Waals surface area contributed by atoms with Gasteiger partial charge < -0.3 is 19.9 Å². The maximum absolute atomic E-state index is 12.6. The molecule has 1 heterocycles. The molecular weight excluding hydrogens is 386 g/mol. The first-order chi connectivity index (χ1) is 15.1. The van der Waals surface area contributed by atoms with E-state index in [4.69, 9.17) is 4.74 Å². The minimum atomic E-state index is -0.129. The summed E-state index contributed by atoms with van der Waals surface area (Å²) in [5.74, 6) is 0.614. The first kappa shape index (κ1) is 20.9. The number of rotatable bonds is 7. The number of nitrogens with zero attached hydrogens (tertiary/aromatic N) is 2. The monoisotopic (exact) mass is 415 g/mol. The molecular formula is C26H29N3O2. The third-order valence-corrected chi connectivity index (χ3v) is 5.75. The van der Waals surface area contributed by atoms with Crippen LogP contribution in [-0.4, -0.2) is 44.0 Å². The molecule has 1 aliphatic heterocycles. The Morgan fingerprint density at radius 2 is 1.71 bits per heavy atom. The smallest absolute Gasteiger partial charge is 0.255 e. The van der Waals surface area contributed by atoms with Crippen molar-refractivity contribution in [2.24, 2.45) is 0 Å².